The first-order valence-electron chi connectivity index (χ1n) is 6.19. The summed E-state index contributed by atoms with van der Waals surface area (Å²) in [6.07, 6.45) is 0. The second kappa shape index (κ2) is 5.96. The molecule has 0 saturated heterocycles. The molecule has 0 aliphatic rings. The van der Waals surface area contributed by atoms with Gasteiger partial charge in [-0.1, -0.05) is 17.7 Å². The van der Waals surface area contributed by atoms with Gasteiger partial charge in [0.25, 0.3) is 0 Å². The fourth-order valence-corrected chi connectivity index (χ4v) is 1.92. The highest BCUT2D eigenvalue weighted by molar-refractivity contribution is 5.47. The summed E-state index contributed by atoms with van der Waals surface area (Å²) in [6, 6.07) is 8.14. The Morgan fingerprint density at radius 2 is 1.60 bits per heavy atom. The number of aryl methyl sites for hydroxylation is 1. The van der Waals surface area contributed by atoms with E-state index in [9.17, 15) is 13.2 Å². The highest BCUT2D eigenvalue weighted by atomic mass is 19.2. The number of benzene rings is 2. The molecular formula is C15H15F3N2. The summed E-state index contributed by atoms with van der Waals surface area (Å²) >= 11 is 0. The van der Waals surface area contributed by atoms with Crippen LogP contribution in [0.15, 0.2) is 36.4 Å². The predicted octanol–water partition coefficient (Wildman–Crippen LogP) is 3.52. The van der Waals surface area contributed by atoms with E-state index in [0.29, 0.717) is 6.07 Å². The molecule has 20 heavy (non-hydrogen) atoms. The van der Waals surface area contributed by atoms with Crippen molar-refractivity contribution in [2.75, 3.05) is 11.9 Å². The Labute approximate surface area is 115 Å². The van der Waals surface area contributed by atoms with Crippen LogP contribution < -0.4 is 11.1 Å². The van der Waals surface area contributed by atoms with Crippen LogP contribution in [0.5, 0.6) is 0 Å². The van der Waals surface area contributed by atoms with Crippen molar-refractivity contribution < 1.29 is 13.2 Å². The van der Waals surface area contributed by atoms with Gasteiger partial charge in [-0.05, 0) is 25.1 Å². The van der Waals surface area contributed by atoms with E-state index in [4.69, 9.17) is 5.73 Å². The van der Waals surface area contributed by atoms with Crippen LogP contribution in [0, 0.1) is 24.4 Å². The van der Waals surface area contributed by atoms with Gasteiger partial charge in [0.2, 0.25) is 0 Å². The normalized spacial score (nSPS) is 12.2. The number of halogens is 3. The van der Waals surface area contributed by atoms with E-state index in [2.05, 4.69) is 5.32 Å². The van der Waals surface area contributed by atoms with Gasteiger partial charge in [-0.25, -0.2) is 13.2 Å². The van der Waals surface area contributed by atoms with Crippen molar-refractivity contribution in [2.24, 2.45) is 5.73 Å². The molecule has 2 nitrogen and oxygen atoms in total. The summed E-state index contributed by atoms with van der Waals surface area (Å²) in [5.41, 5.74) is 7.41. The summed E-state index contributed by atoms with van der Waals surface area (Å²) in [5.74, 6) is -3.12. The molecule has 0 aliphatic carbocycles. The molecule has 0 heterocycles. The Hall–Kier alpha value is -2.01. The molecule has 2 aromatic carbocycles. The Morgan fingerprint density at radius 3 is 2.20 bits per heavy atom. The molecule has 5 heteroatoms. The van der Waals surface area contributed by atoms with Gasteiger partial charge >= 0.3 is 0 Å². The van der Waals surface area contributed by atoms with E-state index < -0.39 is 23.5 Å². The van der Waals surface area contributed by atoms with Gasteiger partial charge in [0, 0.05) is 23.9 Å². The molecule has 0 saturated carbocycles. The number of hydrogen-bond acceptors (Lipinski definition) is 2. The number of nitrogens with one attached hydrogen (secondary N) is 1. The molecule has 0 bridgehead atoms. The predicted molar refractivity (Wildman–Crippen MR) is 72.9 cm³/mol. The van der Waals surface area contributed by atoms with E-state index in [1.54, 1.807) is 0 Å². The maximum absolute atomic E-state index is 13.7. The van der Waals surface area contributed by atoms with Crippen LogP contribution >= 0.6 is 0 Å². The number of rotatable bonds is 4. The lowest BCUT2D eigenvalue weighted by atomic mass is 10.1. The van der Waals surface area contributed by atoms with Crippen LogP contribution in [-0.4, -0.2) is 6.54 Å². The zero-order chi connectivity index (χ0) is 14.7. The maximum Gasteiger partial charge on any atom is 0.161 e. The molecular weight excluding hydrogens is 265 g/mol. The average molecular weight is 280 g/mol. The van der Waals surface area contributed by atoms with Crippen molar-refractivity contribution in [1.82, 2.24) is 0 Å². The van der Waals surface area contributed by atoms with Crippen molar-refractivity contribution in [2.45, 2.75) is 13.0 Å². The van der Waals surface area contributed by atoms with Gasteiger partial charge in [0.1, 0.15) is 5.82 Å². The number of hydrogen-bond donors (Lipinski definition) is 2. The Morgan fingerprint density at radius 1 is 1.00 bits per heavy atom. The monoisotopic (exact) mass is 280 g/mol. The third-order valence-electron chi connectivity index (χ3n) is 3.04. The summed E-state index contributed by atoms with van der Waals surface area (Å²) in [5, 5.41) is 3.01. The van der Waals surface area contributed by atoms with Crippen molar-refractivity contribution in [1.29, 1.82) is 0 Å². The molecule has 2 rings (SSSR count). The SMILES string of the molecule is Cc1ccc(NC(CN)c2cc(F)c(F)cc2F)cc1. The summed E-state index contributed by atoms with van der Waals surface area (Å²) in [7, 11) is 0. The Balaban J connectivity index is 2.28. The van der Waals surface area contributed by atoms with Crippen LogP contribution in [-0.2, 0) is 0 Å². The van der Waals surface area contributed by atoms with E-state index in [1.807, 2.05) is 31.2 Å². The minimum absolute atomic E-state index is 0.00646. The second-order valence-corrected chi connectivity index (χ2v) is 4.59. The van der Waals surface area contributed by atoms with Gasteiger partial charge in [0.15, 0.2) is 11.6 Å². The van der Waals surface area contributed by atoms with Crippen molar-refractivity contribution in [3.63, 3.8) is 0 Å². The molecule has 0 aromatic heterocycles. The first-order chi connectivity index (χ1) is 9.51. The number of anilines is 1. The third kappa shape index (κ3) is 3.11. The van der Waals surface area contributed by atoms with Gasteiger partial charge in [-0.15, -0.1) is 0 Å². The second-order valence-electron chi connectivity index (χ2n) is 4.59. The van der Waals surface area contributed by atoms with Gasteiger partial charge in [0.05, 0.1) is 6.04 Å². The molecule has 0 radical (unpaired) electrons. The van der Waals surface area contributed by atoms with Crippen LogP contribution in [0.2, 0.25) is 0 Å². The summed E-state index contributed by atoms with van der Waals surface area (Å²) in [4.78, 5) is 0. The largest absolute Gasteiger partial charge is 0.377 e. The van der Waals surface area contributed by atoms with E-state index in [-0.39, 0.29) is 12.1 Å². The van der Waals surface area contributed by atoms with Crippen LogP contribution in [0.25, 0.3) is 0 Å². The third-order valence-corrected chi connectivity index (χ3v) is 3.04. The average Bonchev–Trinajstić information content (AvgIpc) is 2.43. The van der Waals surface area contributed by atoms with Crippen molar-refractivity contribution in [3.05, 3.63) is 65.0 Å². The first-order valence-corrected chi connectivity index (χ1v) is 6.19. The summed E-state index contributed by atoms with van der Waals surface area (Å²) in [6.45, 7) is 2.00. The molecule has 106 valence electrons. The lowest BCUT2D eigenvalue weighted by Crippen LogP contribution is -2.22. The summed E-state index contributed by atoms with van der Waals surface area (Å²) < 4.78 is 39.9. The molecule has 2 aromatic rings. The van der Waals surface area contributed by atoms with Gasteiger partial charge < -0.3 is 11.1 Å². The van der Waals surface area contributed by atoms with E-state index >= 15 is 0 Å². The highest BCUT2D eigenvalue weighted by Crippen LogP contribution is 2.23. The van der Waals surface area contributed by atoms with E-state index in [0.717, 1.165) is 17.3 Å². The fraction of sp³-hybridized carbons (Fsp3) is 0.200. The topological polar surface area (TPSA) is 38.0 Å². The molecule has 1 unspecified atom stereocenters. The standard InChI is InChI=1S/C15H15F3N2/c1-9-2-4-10(5-3-9)20-15(8-19)11-6-13(17)14(18)7-12(11)16/h2-7,15,20H,8,19H2,1H3. The highest BCUT2D eigenvalue weighted by Gasteiger charge is 2.17. The minimum Gasteiger partial charge on any atom is -0.377 e. The van der Waals surface area contributed by atoms with Gasteiger partial charge in [-0.2, -0.15) is 0 Å². The van der Waals surface area contributed by atoms with E-state index in [1.165, 1.54) is 0 Å². The quantitative estimate of drug-likeness (QED) is 0.841. The zero-order valence-electron chi connectivity index (χ0n) is 11.0. The van der Waals surface area contributed by atoms with Crippen molar-refractivity contribution >= 4 is 5.69 Å². The zero-order valence-corrected chi connectivity index (χ0v) is 11.0. The molecule has 0 amide bonds. The number of nitrogens with two attached hydrogens (primary N) is 1. The van der Waals surface area contributed by atoms with Crippen LogP contribution in [0.4, 0.5) is 18.9 Å². The molecule has 0 fully saturated rings. The first kappa shape index (κ1) is 14.4. The smallest absolute Gasteiger partial charge is 0.161 e. The molecule has 0 aliphatic heterocycles. The molecule has 1 atom stereocenters. The lowest BCUT2D eigenvalue weighted by Gasteiger charge is -2.19. The van der Waals surface area contributed by atoms with Crippen LogP contribution in [0.1, 0.15) is 17.2 Å². The minimum atomic E-state index is -1.21. The maximum atomic E-state index is 13.7. The van der Waals surface area contributed by atoms with Gasteiger partial charge in [-0.3, -0.25) is 0 Å². The van der Waals surface area contributed by atoms with Crippen LogP contribution in [0.3, 0.4) is 0 Å². The van der Waals surface area contributed by atoms with Crippen molar-refractivity contribution in [3.8, 4) is 0 Å². The molecule has 3 N–H and O–H groups in total. The lowest BCUT2D eigenvalue weighted by molar-refractivity contribution is 0.486. The Bertz CT molecular complexity index is 597. The fourth-order valence-electron chi connectivity index (χ4n) is 1.92. The Kier molecular flexibility index (Phi) is 4.29. The molecule has 0 spiro atoms.